The van der Waals surface area contributed by atoms with Crippen LogP contribution >= 0.6 is 38.5 Å². The Bertz CT molecular complexity index is 1160. The van der Waals surface area contributed by atoms with Gasteiger partial charge in [0.1, 0.15) is 18.2 Å². The highest BCUT2D eigenvalue weighted by Gasteiger charge is 2.11. The Balaban J connectivity index is 1.70. The molecule has 0 atom stereocenters. The van der Waals surface area contributed by atoms with Crippen LogP contribution in [0.15, 0.2) is 64.2 Å². The lowest BCUT2D eigenvalue weighted by molar-refractivity contribution is 0.0954. The summed E-state index contributed by atoms with van der Waals surface area (Å²) in [6.07, 6.45) is 1.49. The summed E-state index contributed by atoms with van der Waals surface area (Å²) in [5.41, 5.74) is 4.29. The van der Waals surface area contributed by atoms with Gasteiger partial charge in [-0.15, -0.1) is 0 Å². The number of amides is 1. The van der Waals surface area contributed by atoms with E-state index in [4.69, 9.17) is 14.2 Å². The molecule has 9 heteroatoms. The second-order valence-corrected chi connectivity index (χ2v) is 8.51. The van der Waals surface area contributed by atoms with Gasteiger partial charge in [0, 0.05) is 15.6 Å². The standard InChI is InChI=1S/C23H19BrFIN2O4/c1-30-20-9-15(6-7-19(20)26)23(29)28-27-12-16-10-21(31-2)22(11-18(16)24)32-13-14-4-3-5-17(25)8-14/h3-12H,13H2,1-2H3,(H,28,29)/b27-12-. The van der Waals surface area contributed by atoms with E-state index >= 15 is 0 Å². The molecule has 0 saturated heterocycles. The van der Waals surface area contributed by atoms with Crippen molar-refractivity contribution in [3.63, 3.8) is 0 Å². The molecular formula is C23H19BrFIN2O4. The van der Waals surface area contributed by atoms with Gasteiger partial charge in [-0.25, -0.2) is 9.82 Å². The maximum atomic E-state index is 13.4. The molecule has 0 radical (unpaired) electrons. The Morgan fingerprint density at radius 1 is 1.09 bits per heavy atom. The van der Waals surface area contributed by atoms with Crippen molar-refractivity contribution in [1.82, 2.24) is 5.43 Å². The zero-order valence-electron chi connectivity index (χ0n) is 17.2. The molecular weight excluding hydrogens is 594 g/mol. The fourth-order valence-corrected chi connectivity index (χ4v) is 3.72. The Labute approximate surface area is 207 Å². The molecule has 3 rings (SSSR count). The number of hydrogen-bond donors (Lipinski definition) is 1. The number of hydrogen-bond acceptors (Lipinski definition) is 5. The van der Waals surface area contributed by atoms with E-state index in [1.54, 1.807) is 49.6 Å². The third-order valence-electron chi connectivity index (χ3n) is 4.35. The van der Waals surface area contributed by atoms with Gasteiger partial charge < -0.3 is 14.2 Å². The van der Waals surface area contributed by atoms with Gasteiger partial charge in [-0.1, -0.05) is 12.1 Å². The summed E-state index contributed by atoms with van der Waals surface area (Å²) in [6, 6.07) is 14.8. The van der Waals surface area contributed by atoms with Crippen molar-refractivity contribution in [2.45, 2.75) is 6.61 Å². The number of methoxy groups -OCH3 is 2. The molecule has 6 nitrogen and oxygen atoms in total. The maximum Gasteiger partial charge on any atom is 0.271 e. The van der Waals surface area contributed by atoms with E-state index in [1.165, 1.54) is 25.5 Å². The van der Waals surface area contributed by atoms with Crippen LogP contribution in [0.4, 0.5) is 4.39 Å². The van der Waals surface area contributed by atoms with E-state index in [9.17, 15) is 9.18 Å². The van der Waals surface area contributed by atoms with Gasteiger partial charge in [-0.2, -0.15) is 5.10 Å². The molecule has 0 aliphatic carbocycles. The van der Waals surface area contributed by atoms with Gasteiger partial charge in [0.2, 0.25) is 0 Å². The Morgan fingerprint density at radius 2 is 1.88 bits per heavy atom. The molecule has 1 amide bonds. The first-order chi connectivity index (χ1) is 15.4. The largest absolute Gasteiger partial charge is 0.496 e. The van der Waals surface area contributed by atoms with Crippen molar-refractivity contribution in [3.8, 4) is 17.2 Å². The van der Waals surface area contributed by atoms with Crippen molar-refractivity contribution < 1.29 is 23.4 Å². The molecule has 0 saturated carbocycles. The lowest BCUT2D eigenvalue weighted by Crippen LogP contribution is -2.17. The zero-order chi connectivity index (χ0) is 23.1. The molecule has 3 aromatic rings. The molecule has 32 heavy (non-hydrogen) atoms. The molecule has 0 spiro atoms. The van der Waals surface area contributed by atoms with Crippen LogP contribution < -0.4 is 19.6 Å². The minimum Gasteiger partial charge on any atom is -0.496 e. The molecule has 0 unspecified atom stereocenters. The van der Waals surface area contributed by atoms with E-state index in [0.29, 0.717) is 38.4 Å². The highest BCUT2D eigenvalue weighted by molar-refractivity contribution is 14.1. The number of carbonyl (C=O) groups is 1. The monoisotopic (exact) mass is 612 g/mol. The average molecular weight is 613 g/mol. The fourth-order valence-electron chi connectivity index (χ4n) is 2.74. The summed E-state index contributed by atoms with van der Waals surface area (Å²) in [4.78, 5) is 12.4. The van der Waals surface area contributed by atoms with Crippen LogP contribution in [0, 0.1) is 9.39 Å². The minimum absolute atomic E-state index is 0.184. The fraction of sp³-hybridized carbons (Fsp3) is 0.130. The lowest BCUT2D eigenvalue weighted by atomic mass is 10.2. The summed E-state index contributed by atoms with van der Waals surface area (Å²) in [7, 11) is 3.07. The number of hydrazone groups is 1. The van der Waals surface area contributed by atoms with Crippen LogP contribution in [-0.4, -0.2) is 26.3 Å². The first kappa shape index (κ1) is 24.0. The summed E-state index contributed by atoms with van der Waals surface area (Å²) in [6.45, 7) is 0.184. The van der Waals surface area contributed by atoms with E-state index in [0.717, 1.165) is 3.57 Å². The van der Waals surface area contributed by atoms with Gasteiger partial charge in [-0.3, -0.25) is 4.79 Å². The maximum absolute atomic E-state index is 13.4. The van der Waals surface area contributed by atoms with Crippen molar-refractivity contribution in [2.75, 3.05) is 14.2 Å². The average Bonchev–Trinajstić information content (AvgIpc) is 2.79. The molecule has 166 valence electrons. The summed E-state index contributed by atoms with van der Waals surface area (Å²) in [5.74, 6) is 0.879. The Morgan fingerprint density at radius 3 is 2.59 bits per heavy atom. The van der Waals surface area contributed by atoms with Crippen LogP contribution in [0.2, 0.25) is 0 Å². The summed E-state index contributed by atoms with van der Waals surface area (Å²) >= 11 is 5.60. The van der Waals surface area contributed by atoms with Gasteiger partial charge >= 0.3 is 0 Å². The topological polar surface area (TPSA) is 69.2 Å². The second-order valence-electron chi connectivity index (χ2n) is 6.49. The molecule has 0 aliphatic rings. The third kappa shape index (κ3) is 6.19. The number of carbonyl (C=O) groups excluding carboxylic acids is 1. The molecule has 0 fully saturated rings. The van der Waals surface area contributed by atoms with E-state index in [2.05, 4.69) is 49.0 Å². The van der Waals surface area contributed by atoms with Gasteiger partial charge in [0.05, 0.1) is 24.0 Å². The van der Waals surface area contributed by atoms with Gasteiger partial charge in [-0.05, 0) is 86.5 Å². The summed E-state index contributed by atoms with van der Waals surface area (Å²) < 4.78 is 31.4. The molecule has 3 aromatic carbocycles. The lowest BCUT2D eigenvalue weighted by Gasteiger charge is -2.13. The Hall–Kier alpha value is -2.66. The SMILES string of the molecule is COc1cc(C(=O)N/N=C\c2cc(OC)c(OCc3cccc(F)c3)cc2Br)ccc1I. The zero-order valence-corrected chi connectivity index (χ0v) is 20.9. The molecule has 1 N–H and O–H groups in total. The number of nitrogens with zero attached hydrogens (tertiary/aromatic N) is 1. The number of halogens is 3. The number of ether oxygens (including phenoxy) is 3. The normalized spacial score (nSPS) is 10.8. The predicted octanol–water partition coefficient (Wildman–Crippen LogP) is 5.55. The number of nitrogens with one attached hydrogen (secondary N) is 1. The van der Waals surface area contributed by atoms with E-state index < -0.39 is 0 Å². The van der Waals surface area contributed by atoms with Gasteiger partial charge in [0.25, 0.3) is 5.91 Å². The van der Waals surface area contributed by atoms with Crippen molar-refractivity contribution in [1.29, 1.82) is 0 Å². The first-order valence-corrected chi connectivity index (χ1v) is 11.2. The van der Waals surface area contributed by atoms with Crippen LogP contribution in [0.25, 0.3) is 0 Å². The third-order valence-corrected chi connectivity index (χ3v) is 5.93. The number of benzene rings is 3. The van der Waals surface area contributed by atoms with Gasteiger partial charge in [0.15, 0.2) is 11.5 Å². The highest BCUT2D eigenvalue weighted by Crippen LogP contribution is 2.33. The highest BCUT2D eigenvalue weighted by atomic mass is 127. The van der Waals surface area contributed by atoms with Crippen LogP contribution in [0.3, 0.4) is 0 Å². The molecule has 0 aromatic heterocycles. The van der Waals surface area contributed by atoms with Crippen LogP contribution in [-0.2, 0) is 6.61 Å². The van der Waals surface area contributed by atoms with Crippen molar-refractivity contribution in [2.24, 2.45) is 5.10 Å². The quantitative estimate of drug-likeness (QED) is 0.206. The minimum atomic E-state index is -0.367. The van der Waals surface area contributed by atoms with E-state index in [-0.39, 0.29) is 18.3 Å². The van der Waals surface area contributed by atoms with Crippen molar-refractivity contribution >= 4 is 50.6 Å². The first-order valence-electron chi connectivity index (χ1n) is 9.33. The molecule has 0 heterocycles. The predicted molar refractivity (Wildman–Crippen MR) is 132 cm³/mol. The van der Waals surface area contributed by atoms with Crippen LogP contribution in [0.5, 0.6) is 17.2 Å². The molecule has 0 bridgehead atoms. The van der Waals surface area contributed by atoms with Crippen LogP contribution in [0.1, 0.15) is 21.5 Å². The Kier molecular flexibility index (Phi) is 8.46. The molecule has 0 aliphatic heterocycles. The smallest absolute Gasteiger partial charge is 0.271 e. The second kappa shape index (κ2) is 11.3. The van der Waals surface area contributed by atoms with Crippen molar-refractivity contribution in [3.05, 3.63) is 85.1 Å². The number of rotatable bonds is 8. The van der Waals surface area contributed by atoms with E-state index in [1.807, 2.05) is 0 Å². The summed E-state index contributed by atoms with van der Waals surface area (Å²) in [5, 5.41) is 4.03.